The summed E-state index contributed by atoms with van der Waals surface area (Å²) in [5.74, 6) is 1.35. The second kappa shape index (κ2) is 4.05. The molecule has 1 saturated carbocycles. The standard InChI is InChI=1S/C13H18N2/c1-3-5-9-6-7-12-11(10(9)4-2)8-13(14)15-12/h3-5,11-12H,1,6-8H2,2H3,(H2,14,15)/b9-5-,10-4+. The maximum atomic E-state index is 5.81. The van der Waals surface area contributed by atoms with Gasteiger partial charge in [0, 0.05) is 12.3 Å². The van der Waals surface area contributed by atoms with Crippen molar-refractivity contribution in [2.45, 2.75) is 32.2 Å². The van der Waals surface area contributed by atoms with Gasteiger partial charge in [-0.15, -0.1) is 0 Å². The summed E-state index contributed by atoms with van der Waals surface area (Å²) in [6.45, 7) is 5.87. The molecule has 1 heterocycles. The van der Waals surface area contributed by atoms with Gasteiger partial charge < -0.3 is 5.73 Å². The van der Waals surface area contributed by atoms with E-state index in [-0.39, 0.29) is 0 Å². The first kappa shape index (κ1) is 10.2. The molecule has 2 nitrogen and oxygen atoms in total. The molecule has 0 aromatic heterocycles. The van der Waals surface area contributed by atoms with E-state index in [0.717, 1.165) is 25.1 Å². The molecule has 2 heteroatoms. The first-order chi connectivity index (χ1) is 7.26. The van der Waals surface area contributed by atoms with Crippen LogP contribution >= 0.6 is 0 Å². The topological polar surface area (TPSA) is 38.4 Å². The molecule has 2 unspecified atom stereocenters. The average Bonchev–Trinajstić information content (AvgIpc) is 2.58. The van der Waals surface area contributed by atoms with Crippen molar-refractivity contribution in [3.63, 3.8) is 0 Å². The Bertz CT molecular complexity index is 361. The molecule has 80 valence electrons. The summed E-state index contributed by atoms with van der Waals surface area (Å²) in [5.41, 5.74) is 8.66. The highest BCUT2D eigenvalue weighted by atomic mass is 14.9. The van der Waals surface area contributed by atoms with Gasteiger partial charge >= 0.3 is 0 Å². The zero-order valence-corrected chi connectivity index (χ0v) is 9.24. The van der Waals surface area contributed by atoms with E-state index in [2.05, 4.69) is 30.6 Å². The minimum absolute atomic E-state index is 0.429. The lowest BCUT2D eigenvalue weighted by molar-refractivity contribution is 0.464. The van der Waals surface area contributed by atoms with E-state index < -0.39 is 0 Å². The first-order valence-corrected chi connectivity index (χ1v) is 5.56. The Hall–Kier alpha value is -1.31. The number of amidine groups is 1. The molecule has 1 aliphatic carbocycles. The van der Waals surface area contributed by atoms with Crippen LogP contribution in [0.2, 0.25) is 0 Å². The zero-order valence-electron chi connectivity index (χ0n) is 9.24. The summed E-state index contributed by atoms with van der Waals surface area (Å²) in [6.07, 6.45) is 9.36. The van der Waals surface area contributed by atoms with Crippen molar-refractivity contribution < 1.29 is 0 Å². The van der Waals surface area contributed by atoms with Gasteiger partial charge in [0.15, 0.2) is 0 Å². The number of nitrogens with two attached hydrogens (primary N) is 1. The molecule has 0 radical (unpaired) electrons. The average molecular weight is 202 g/mol. The van der Waals surface area contributed by atoms with Gasteiger partial charge in [0.2, 0.25) is 0 Å². The molecule has 2 N–H and O–H groups in total. The van der Waals surface area contributed by atoms with Crippen molar-refractivity contribution in [3.05, 3.63) is 36.0 Å². The molecule has 1 aliphatic heterocycles. The molecule has 15 heavy (non-hydrogen) atoms. The monoisotopic (exact) mass is 202 g/mol. The number of fused-ring (bicyclic) bond motifs is 1. The minimum Gasteiger partial charge on any atom is -0.387 e. The van der Waals surface area contributed by atoms with Crippen LogP contribution in [0.3, 0.4) is 0 Å². The van der Waals surface area contributed by atoms with Gasteiger partial charge in [-0.2, -0.15) is 0 Å². The normalized spacial score (nSPS) is 35.4. The van der Waals surface area contributed by atoms with Crippen LogP contribution in [-0.4, -0.2) is 11.9 Å². The summed E-state index contributed by atoms with van der Waals surface area (Å²) in [6, 6.07) is 0.429. The largest absolute Gasteiger partial charge is 0.387 e. The summed E-state index contributed by atoms with van der Waals surface area (Å²) >= 11 is 0. The van der Waals surface area contributed by atoms with Gasteiger partial charge in [0.05, 0.1) is 11.9 Å². The molecular weight excluding hydrogens is 184 g/mol. The summed E-state index contributed by atoms with van der Waals surface area (Å²) < 4.78 is 0. The van der Waals surface area contributed by atoms with Crippen molar-refractivity contribution >= 4 is 5.84 Å². The number of nitrogens with zero attached hydrogens (tertiary/aromatic N) is 1. The van der Waals surface area contributed by atoms with E-state index in [0.29, 0.717) is 12.0 Å². The SMILES string of the molecule is C=C/C=C1/CCC2N=C(N)CC2/C1=C/C. The number of aliphatic imine (C=N–C) groups is 1. The predicted molar refractivity (Wildman–Crippen MR) is 64.8 cm³/mol. The van der Waals surface area contributed by atoms with E-state index in [1.807, 2.05) is 6.08 Å². The van der Waals surface area contributed by atoms with E-state index in [1.165, 1.54) is 11.1 Å². The Morgan fingerprint density at radius 2 is 2.33 bits per heavy atom. The van der Waals surface area contributed by atoms with Crippen LogP contribution in [0, 0.1) is 5.92 Å². The third kappa shape index (κ3) is 1.76. The highest BCUT2D eigenvalue weighted by molar-refractivity contribution is 5.83. The third-order valence-electron chi connectivity index (χ3n) is 3.33. The molecule has 1 fully saturated rings. The van der Waals surface area contributed by atoms with Gasteiger partial charge in [-0.1, -0.05) is 24.8 Å². The van der Waals surface area contributed by atoms with Crippen molar-refractivity contribution in [1.82, 2.24) is 0 Å². The maximum absolute atomic E-state index is 5.81. The van der Waals surface area contributed by atoms with Crippen molar-refractivity contribution in [1.29, 1.82) is 0 Å². The van der Waals surface area contributed by atoms with Gasteiger partial charge in [-0.3, -0.25) is 4.99 Å². The van der Waals surface area contributed by atoms with Crippen molar-refractivity contribution in [3.8, 4) is 0 Å². The van der Waals surface area contributed by atoms with Crippen LogP contribution in [0.25, 0.3) is 0 Å². The first-order valence-electron chi connectivity index (χ1n) is 5.56. The highest BCUT2D eigenvalue weighted by Gasteiger charge is 2.35. The van der Waals surface area contributed by atoms with Crippen LogP contribution in [0.5, 0.6) is 0 Å². The lowest BCUT2D eigenvalue weighted by atomic mass is 9.77. The molecule has 2 aliphatic rings. The molecule has 0 aromatic rings. The van der Waals surface area contributed by atoms with Crippen molar-refractivity contribution in [2.75, 3.05) is 0 Å². The van der Waals surface area contributed by atoms with Gasteiger partial charge in [0.25, 0.3) is 0 Å². The summed E-state index contributed by atoms with van der Waals surface area (Å²) in [7, 11) is 0. The second-order valence-electron chi connectivity index (χ2n) is 4.21. The zero-order chi connectivity index (χ0) is 10.8. The van der Waals surface area contributed by atoms with E-state index >= 15 is 0 Å². The molecule has 0 amide bonds. The van der Waals surface area contributed by atoms with Gasteiger partial charge in [-0.05, 0) is 30.9 Å². The number of allylic oxidation sites excluding steroid dienone is 4. The third-order valence-corrected chi connectivity index (χ3v) is 3.33. The fraction of sp³-hybridized carbons (Fsp3) is 0.462. The van der Waals surface area contributed by atoms with Crippen LogP contribution in [0.4, 0.5) is 0 Å². The molecule has 2 atom stereocenters. The fourth-order valence-electron chi connectivity index (χ4n) is 2.71. The molecular formula is C13H18N2. The quantitative estimate of drug-likeness (QED) is 0.697. The Kier molecular flexibility index (Phi) is 2.76. The summed E-state index contributed by atoms with van der Waals surface area (Å²) in [5, 5.41) is 0. The molecule has 0 saturated heterocycles. The van der Waals surface area contributed by atoms with E-state index in [1.54, 1.807) is 0 Å². The number of rotatable bonds is 1. The van der Waals surface area contributed by atoms with Crippen LogP contribution in [0.1, 0.15) is 26.2 Å². The van der Waals surface area contributed by atoms with E-state index in [4.69, 9.17) is 5.73 Å². The predicted octanol–water partition coefficient (Wildman–Crippen LogP) is 2.58. The second-order valence-corrected chi connectivity index (χ2v) is 4.21. The fourth-order valence-corrected chi connectivity index (χ4v) is 2.71. The van der Waals surface area contributed by atoms with Gasteiger partial charge in [-0.25, -0.2) is 0 Å². The Balaban J connectivity index is 2.28. The molecule has 0 bridgehead atoms. The van der Waals surface area contributed by atoms with Crippen molar-refractivity contribution in [2.24, 2.45) is 16.6 Å². The molecule has 2 rings (SSSR count). The molecule has 0 aromatic carbocycles. The van der Waals surface area contributed by atoms with E-state index in [9.17, 15) is 0 Å². The number of hydrogen-bond donors (Lipinski definition) is 1. The highest BCUT2D eigenvalue weighted by Crippen LogP contribution is 2.40. The smallest absolute Gasteiger partial charge is 0.0947 e. The van der Waals surface area contributed by atoms with Crippen LogP contribution < -0.4 is 5.73 Å². The Labute approximate surface area is 91.3 Å². The minimum atomic E-state index is 0.429. The van der Waals surface area contributed by atoms with Crippen LogP contribution in [0.15, 0.2) is 40.9 Å². The lowest BCUT2D eigenvalue weighted by Gasteiger charge is -2.29. The molecule has 0 spiro atoms. The number of hydrogen-bond acceptors (Lipinski definition) is 2. The summed E-state index contributed by atoms with van der Waals surface area (Å²) in [4.78, 5) is 4.50. The van der Waals surface area contributed by atoms with Crippen LogP contribution in [-0.2, 0) is 0 Å². The Morgan fingerprint density at radius 1 is 1.53 bits per heavy atom. The lowest BCUT2D eigenvalue weighted by Crippen LogP contribution is -2.23. The maximum Gasteiger partial charge on any atom is 0.0947 e. The Morgan fingerprint density at radius 3 is 3.00 bits per heavy atom. The van der Waals surface area contributed by atoms with Gasteiger partial charge in [0.1, 0.15) is 0 Å².